The van der Waals surface area contributed by atoms with E-state index >= 15 is 0 Å². The monoisotopic (exact) mass is 355 g/mol. The van der Waals surface area contributed by atoms with Gasteiger partial charge in [0.25, 0.3) is 0 Å². The van der Waals surface area contributed by atoms with Gasteiger partial charge in [0.05, 0.1) is 12.2 Å². The van der Waals surface area contributed by atoms with Gasteiger partial charge in [0.1, 0.15) is 5.75 Å². The smallest absolute Gasteiger partial charge is 0.139 e. The van der Waals surface area contributed by atoms with E-state index in [9.17, 15) is 5.11 Å². The molecular weight excluding hydrogens is 338 g/mol. The van der Waals surface area contributed by atoms with Gasteiger partial charge in [-0.05, 0) is 54.3 Å². The van der Waals surface area contributed by atoms with Gasteiger partial charge >= 0.3 is 0 Å². The van der Waals surface area contributed by atoms with Gasteiger partial charge < -0.3 is 9.41 Å². The van der Waals surface area contributed by atoms with E-state index in [0.717, 1.165) is 10.5 Å². The molecule has 0 bridgehead atoms. The van der Waals surface area contributed by atoms with Crippen LogP contribution in [-0.4, -0.2) is 5.11 Å². The molecule has 0 spiro atoms. The quantitative estimate of drug-likeness (QED) is 0.562. The molecule has 0 heterocycles. The van der Waals surface area contributed by atoms with Gasteiger partial charge in [-0.1, -0.05) is 60.1 Å². The zero-order valence-electron chi connectivity index (χ0n) is 13.3. The number of benzene rings is 3. The number of nitrogens with zero attached hydrogens (tertiary/aromatic N) is 1. The molecule has 0 aliphatic heterocycles. The van der Waals surface area contributed by atoms with Gasteiger partial charge in [-0.3, -0.25) is 0 Å². The highest BCUT2D eigenvalue weighted by Crippen LogP contribution is 2.38. The summed E-state index contributed by atoms with van der Waals surface area (Å²) in [6, 6.07) is 23.5. The minimum Gasteiger partial charge on any atom is -0.506 e. The third kappa shape index (κ3) is 4.05. The number of anilines is 1. The molecule has 0 fully saturated rings. The summed E-state index contributed by atoms with van der Waals surface area (Å²) in [6.07, 6.45) is 0. The number of rotatable bonds is 5. The van der Waals surface area contributed by atoms with Gasteiger partial charge in [0, 0.05) is 9.92 Å². The lowest BCUT2D eigenvalue weighted by Crippen LogP contribution is -2.14. The third-order valence-electron chi connectivity index (χ3n) is 3.68. The maximum atomic E-state index is 10.3. The Labute approximate surface area is 151 Å². The van der Waals surface area contributed by atoms with Crippen molar-refractivity contribution in [2.24, 2.45) is 0 Å². The number of aryl methyl sites for hydroxylation is 1. The number of aromatic hydroxyl groups is 1. The summed E-state index contributed by atoms with van der Waals surface area (Å²) in [6.45, 7) is 2.74. The Morgan fingerprint density at radius 1 is 0.958 bits per heavy atom. The van der Waals surface area contributed by atoms with Gasteiger partial charge in [-0.25, -0.2) is 0 Å². The van der Waals surface area contributed by atoms with Crippen LogP contribution < -0.4 is 4.31 Å². The molecule has 0 saturated heterocycles. The second-order valence-corrected chi connectivity index (χ2v) is 7.01. The second-order valence-electron chi connectivity index (χ2n) is 5.51. The average molecular weight is 356 g/mol. The topological polar surface area (TPSA) is 23.5 Å². The van der Waals surface area contributed by atoms with Crippen LogP contribution in [0.3, 0.4) is 0 Å². The van der Waals surface area contributed by atoms with Crippen LogP contribution in [0.1, 0.15) is 11.1 Å². The molecule has 0 radical (unpaired) electrons. The number of hydrogen-bond acceptors (Lipinski definition) is 3. The summed E-state index contributed by atoms with van der Waals surface area (Å²) < 4.78 is 2.07. The molecule has 3 aromatic rings. The van der Waals surface area contributed by atoms with Gasteiger partial charge in [0.2, 0.25) is 0 Å². The lowest BCUT2D eigenvalue weighted by Gasteiger charge is -2.25. The molecule has 3 rings (SSSR count). The minimum atomic E-state index is 0.219. The molecule has 0 amide bonds. The SMILES string of the molecule is Cc1ccccc1SN(Cc1ccccc1)c1cc(Cl)ccc1O. The molecule has 0 atom stereocenters. The van der Waals surface area contributed by atoms with E-state index in [2.05, 4.69) is 35.5 Å². The van der Waals surface area contributed by atoms with E-state index in [1.807, 2.05) is 30.3 Å². The molecule has 4 heteroatoms. The molecule has 0 unspecified atom stereocenters. The van der Waals surface area contributed by atoms with Crippen LogP contribution in [0, 0.1) is 6.92 Å². The lowest BCUT2D eigenvalue weighted by molar-refractivity contribution is 0.476. The first-order chi connectivity index (χ1) is 11.6. The fraction of sp³-hybridized carbons (Fsp3) is 0.100. The summed E-state index contributed by atoms with van der Waals surface area (Å²) >= 11 is 7.75. The van der Waals surface area contributed by atoms with Crippen molar-refractivity contribution in [3.8, 4) is 5.75 Å². The predicted octanol–water partition coefficient (Wildman–Crippen LogP) is 6.07. The predicted molar refractivity (Wildman–Crippen MR) is 103 cm³/mol. The van der Waals surface area contributed by atoms with Crippen LogP contribution in [0.25, 0.3) is 0 Å². The van der Waals surface area contributed by atoms with Crippen molar-refractivity contribution in [2.45, 2.75) is 18.4 Å². The molecule has 24 heavy (non-hydrogen) atoms. The molecule has 2 nitrogen and oxygen atoms in total. The fourth-order valence-electron chi connectivity index (χ4n) is 2.39. The molecule has 0 aliphatic rings. The van der Waals surface area contributed by atoms with E-state index in [-0.39, 0.29) is 5.75 Å². The average Bonchev–Trinajstić information content (AvgIpc) is 2.59. The van der Waals surface area contributed by atoms with Gasteiger partial charge in [0.15, 0.2) is 0 Å². The number of halogens is 1. The summed E-state index contributed by atoms with van der Waals surface area (Å²) in [5, 5.41) is 10.9. The van der Waals surface area contributed by atoms with Crippen molar-refractivity contribution in [1.82, 2.24) is 0 Å². The van der Waals surface area contributed by atoms with E-state index in [1.165, 1.54) is 5.56 Å². The fourth-order valence-corrected chi connectivity index (χ4v) is 3.60. The highest BCUT2D eigenvalue weighted by atomic mass is 35.5. The summed E-state index contributed by atoms with van der Waals surface area (Å²) in [5.41, 5.74) is 3.07. The van der Waals surface area contributed by atoms with Crippen LogP contribution >= 0.6 is 23.5 Å². The largest absolute Gasteiger partial charge is 0.506 e. The highest BCUT2D eigenvalue weighted by molar-refractivity contribution is 8.00. The third-order valence-corrected chi connectivity index (χ3v) is 5.11. The van der Waals surface area contributed by atoms with Crippen molar-refractivity contribution >= 4 is 29.2 Å². The summed E-state index contributed by atoms with van der Waals surface area (Å²) in [4.78, 5) is 1.15. The number of hydrogen-bond donors (Lipinski definition) is 1. The van der Waals surface area contributed by atoms with E-state index in [4.69, 9.17) is 11.6 Å². The first-order valence-corrected chi connectivity index (χ1v) is 8.82. The van der Waals surface area contributed by atoms with Crippen molar-refractivity contribution in [2.75, 3.05) is 4.31 Å². The van der Waals surface area contributed by atoms with Gasteiger partial charge in [-0.15, -0.1) is 0 Å². The normalized spacial score (nSPS) is 10.6. The van der Waals surface area contributed by atoms with Crippen molar-refractivity contribution in [1.29, 1.82) is 0 Å². The Bertz CT molecular complexity index is 823. The molecule has 0 aliphatic carbocycles. The molecule has 0 aromatic heterocycles. The molecule has 1 N–H and O–H groups in total. The minimum absolute atomic E-state index is 0.219. The first-order valence-electron chi connectivity index (χ1n) is 7.67. The highest BCUT2D eigenvalue weighted by Gasteiger charge is 2.15. The van der Waals surface area contributed by atoms with Crippen LogP contribution in [0.5, 0.6) is 5.75 Å². The van der Waals surface area contributed by atoms with Gasteiger partial charge in [-0.2, -0.15) is 0 Å². The molecular formula is C20H18ClNOS. The summed E-state index contributed by atoms with van der Waals surface area (Å²) in [5.74, 6) is 0.219. The molecule has 0 saturated carbocycles. The standard InChI is InChI=1S/C20H18ClNOS/c1-15-7-5-6-10-20(15)24-22(14-16-8-3-2-4-9-16)18-13-17(21)11-12-19(18)23/h2-13,23H,14H2,1H3. The Balaban J connectivity index is 1.97. The number of phenolic OH excluding ortho intramolecular Hbond substituents is 1. The first kappa shape index (κ1) is 16.7. The van der Waals surface area contributed by atoms with Crippen molar-refractivity contribution in [3.63, 3.8) is 0 Å². The summed E-state index contributed by atoms with van der Waals surface area (Å²) in [7, 11) is 0. The van der Waals surface area contributed by atoms with E-state index in [0.29, 0.717) is 17.3 Å². The Morgan fingerprint density at radius 3 is 2.42 bits per heavy atom. The maximum absolute atomic E-state index is 10.3. The maximum Gasteiger partial charge on any atom is 0.139 e. The zero-order valence-corrected chi connectivity index (χ0v) is 14.9. The Morgan fingerprint density at radius 2 is 1.67 bits per heavy atom. The Kier molecular flexibility index (Phi) is 5.34. The van der Waals surface area contributed by atoms with Crippen molar-refractivity contribution < 1.29 is 5.11 Å². The van der Waals surface area contributed by atoms with Crippen LogP contribution in [0.2, 0.25) is 5.02 Å². The van der Waals surface area contributed by atoms with Crippen LogP contribution in [-0.2, 0) is 6.54 Å². The van der Waals surface area contributed by atoms with E-state index in [1.54, 1.807) is 30.1 Å². The Hall–Kier alpha value is -2.10. The zero-order chi connectivity index (χ0) is 16.9. The molecule has 122 valence electrons. The van der Waals surface area contributed by atoms with E-state index < -0.39 is 0 Å². The molecule has 3 aromatic carbocycles. The second kappa shape index (κ2) is 7.65. The van der Waals surface area contributed by atoms with Crippen molar-refractivity contribution in [3.05, 3.63) is 88.9 Å². The lowest BCUT2D eigenvalue weighted by atomic mass is 10.2. The van der Waals surface area contributed by atoms with Crippen LogP contribution in [0.4, 0.5) is 5.69 Å². The van der Waals surface area contributed by atoms with Crippen LogP contribution in [0.15, 0.2) is 77.7 Å². The number of phenols is 1.